The van der Waals surface area contributed by atoms with E-state index in [1.165, 1.54) is 0 Å². The molecule has 0 saturated heterocycles. The summed E-state index contributed by atoms with van der Waals surface area (Å²) in [7, 11) is 0. The van der Waals surface area contributed by atoms with Crippen molar-refractivity contribution in [3.63, 3.8) is 0 Å². The van der Waals surface area contributed by atoms with Gasteiger partial charge in [0.1, 0.15) is 0 Å². The highest BCUT2D eigenvalue weighted by Gasteiger charge is 2.09. The molecule has 0 atom stereocenters. The molecule has 0 aliphatic heterocycles. The monoisotopic (exact) mass is 230 g/mol. The molecule has 16 heavy (non-hydrogen) atoms. The van der Waals surface area contributed by atoms with Gasteiger partial charge in [0.25, 0.3) is 0 Å². The first-order valence-corrected chi connectivity index (χ1v) is 5.20. The highest BCUT2D eigenvalue weighted by Crippen LogP contribution is 2.23. The molecule has 3 aromatic rings. The average molecular weight is 231 g/mol. The second kappa shape index (κ2) is 3.32. The Kier molecular flexibility index (Phi) is 1.94. The highest BCUT2D eigenvalue weighted by molar-refractivity contribution is 6.33. The number of hydrogen-bond donors (Lipinski definition) is 0. The molecular weight excluding hydrogens is 224 g/mol. The summed E-state index contributed by atoms with van der Waals surface area (Å²) >= 11 is 6.06. The molecule has 3 rings (SSSR count). The summed E-state index contributed by atoms with van der Waals surface area (Å²) < 4.78 is 1.82. The van der Waals surface area contributed by atoms with Crippen LogP contribution in [0, 0.1) is 0 Å². The Morgan fingerprint density at radius 3 is 2.75 bits per heavy atom. The smallest absolute Gasteiger partial charge is 0.166 e. The maximum Gasteiger partial charge on any atom is 0.166 e. The summed E-state index contributed by atoms with van der Waals surface area (Å²) in [5.41, 5.74) is 2.99. The van der Waals surface area contributed by atoms with Gasteiger partial charge in [0.2, 0.25) is 0 Å². The Bertz CT molecular complexity index is 703. The first-order valence-electron chi connectivity index (χ1n) is 4.82. The van der Waals surface area contributed by atoms with Gasteiger partial charge in [-0.1, -0.05) is 23.7 Å². The average Bonchev–Trinajstić information content (AvgIpc) is 2.74. The van der Waals surface area contributed by atoms with Crippen LogP contribution in [0.1, 0.15) is 10.5 Å². The molecule has 0 saturated carbocycles. The van der Waals surface area contributed by atoms with E-state index >= 15 is 0 Å². The van der Waals surface area contributed by atoms with Crippen LogP contribution in [-0.2, 0) is 0 Å². The minimum absolute atomic E-state index is 0.409. The molecule has 2 heterocycles. The van der Waals surface area contributed by atoms with Crippen LogP contribution >= 0.6 is 11.6 Å². The predicted octanol–water partition coefficient (Wildman–Crippen LogP) is 2.95. The molecule has 0 amide bonds. The molecular formula is C12H7ClN2O. The molecule has 2 aromatic heterocycles. The van der Waals surface area contributed by atoms with Crippen molar-refractivity contribution < 1.29 is 4.79 Å². The molecule has 0 spiro atoms. The second-order valence-corrected chi connectivity index (χ2v) is 3.85. The molecule has 3 nitrogen and oxygen atoms in total. The first-order chi connectivity index (χ1) is 7.81. The van der Waals surface area contributed by atoms with Crippen molar-refractivity contribution in [2.24, 2.45) is 0 Å². The van der Waals surface area contributed by atoms with Crippen molar-refractivity contribution in [3.8, 4) is 0 Å². The molecule has 78 valence electrons. The summed E-state index contributed by atoms with van der Waals surface area (Å²) in [4.78, 5) is 15.2. The SMILES string of the molecule is O=Cc1ccc2c(Cl)nc3ccccc3n12. The second-order valence-electron chi connectivity index (χ2n) is 3.49. The van der Waals surface area contributed by atoms with E-state index in [4.69, 9.17) is 11.6 Å². The Hall–Kier alpha value is -1.87. The fraction of sp³-hybridized carbons (Fsp3) is 0. The van der Waals surface area contributed by atoms with Crippen LogP contribution in [0.15, 0.2) is 36.4 Å². The molecule has 0 radical (unpaired) electrons. The number of para-hydroxylation sites is 2. The third-order valence-electron chi connectivity index (χ3n) is 2.58. The summed E-state index contributed by atoms with van der Waals surface area (Å²) in [6.45, 7) is 0. The standard InChI is InChI=1S/C12H7ClN2O/c13-12-11-6-5-8(7-16)15(11)10-4-2-1-3-9(10)14-12/h1-7H. The van der Waals surface area contributed by atoms with Gasteiger partial charge < -0.3 is 4.40 Å². The lowest BCUT2D eigenvalue weighted by Gasteiger charge is -2.04. The van der Waals surface area contributed by atoms with Gasteiger partial charge in [-0.3, -0.25) is 4.79 Å². The molecule has 4 heteroatoms. The van der Waals surface area contributed by atoms with E-state index in [0.29, 0.717) is 10.8 Å². The van der Waals surface area contributed by atoms with E-state index in [1.54, 1.807) is 12.1 Å². The maximum atomic E-state index is 11.0. The van der Waals surface area contributed by atoms with Crippen LogP contribution in [0.25, 0.3) is 16.6 Å². The Morgan fingerprint density at radius 1 is 1.12 bits per heavy atom. The van der Waals surface area contributed by atoms with Crippen molar-refractivity contribution in [2.45, 2.75) is 0 Å². The number of fused-ring (bicyclic) bond motifs is 3. The van der Waals surface area contributed by atoms with Gasteiger partial charge in [0, 0.05) is 0 Å². The normalized spacial score (nSPS) is 11.1. The third kappa shape index (κ3) is 1.15. The zero-order valence-corrected chi connectivity index (χ0v) is 8.98. The van der Waals surface area contributed by atoms with Crippen LogP contribution in [-0.4, -0.2) is 15.7 Å². The molecule has 0 bridgehead atoms. The molecule has 0 N–H and O–H groups in total. The van der Waals surface area contributed by atoms with Gasteiger partial charge in [-0.25, -0.2) is 4.98 Å². The number of aldehydes is 1. The number of hydrogen-bond acceptors (Lipinski definition) is 2. The topological polar surface area (TPSA) is 34.4 Å². The van der Waals surface area contributed by atoms with Gasteiger partial charge >= 0.3 is 0 Å². The van der Waals surface area contributed by atoms with Crippen molar-refractivity contribution in [2.75, 3.05) is 0 Å². The number of benzene rings is 1. The van der Waals surface area contributed by atoms with Gasteiger partial charge in [-0.2, -0.15) is 0 Å². The number of rotatable bonds is 1. The van der Waals surface area contributed by atoms with E-state index < -0.39 is 0 Å². The Balaban J connectivity index is 2.64. The van der Waals surface area contributed by atoms with Crippen LogP contribution in [0.4, 0.5) is 0 Å². The van der Waals surface area contributed by atoms with E-state index in [2.05, 4.69) is 4.98 Å². The van der Waals surface area contributed by atoms with E-state index in [9.17, 15) is 4.79 Å². The highest BCUT2D eigenvalue weighted by atomic mass is 35.5. The summed E-state index contributed by atoms with van der Waals surface area (Å²) in [6.07, 6.45) is 0.815. The first kappa shape index (κ1) is 9.36. The zero-order chi connectivity index (χ0) is 11.1. The summed E-state index contributed by atoms with van der Waals surface area (Å²) in [6, 6.07) is 11.1. The van der Waals surface area contributed by atoms with Gasteiger partial charge in [-0.15, -0.1) is 0 Å². The maximum absolute atomic E-state index is 11.0. The predicted molar refractivity (Wildman–Crippen MR) is 63.1 cm³/mol. The quantitative estimate of drug-likeness (QED) is 0.603. The minimum atomic E-state index is 0.409. The number of carbonyl (C=O) groups is 1. The van der Waals surface area contributed by atoms with Crippen LogP contribution < -0.4 is 0 Å². The van der Waals surface area contributed by atoms with Crippen molar-refractivity contribution in [3.05, 3.63) is 47.2 Å². The fourth-order valence-corrected chi connectivity index (χ4v) is 2.12. The van der Waals surface area contributed by atoms with Gasteiger partial charge in [0.05, 0.1) is 22.2 Å². The molecule has 0 aliphatic rings. The Labute approximate surface area is 96.3 Å². The van der Waals surface area contributed by atoms with Crippen LogP contribution in [0.3, 0.4) is 0 Å². The van der Waals surface area contributed by atoms with Crippen molar-refractivity contribution >= 4 is 34.4 Å². The minimum Gasteiger partial charge on any atom is -0.302 e. The Morgan fingerprint density at radius 2 is 1.94 bits per heavy atom. The largest absolute Gasteiger partial charge is 0.302 e. The van der Waals surface area contributed by atoms with E-state index in [-0.39, 0.29) is 0 Å². The zero-order valence-electron chi connectivity index (χ0n) is 8.22. The molecule has 0 unspecified atom stereocenters. The molecule has 1 aromatic carbocycles. The number of aromatic nitrogens is 2. The van der Waals surface area contributed by atoms with Crippen LogP contribution in [0.5, 0.6) is 0 Å². The van der Waals surface area contributed by atoms with Crippen LogP contribution in [0.2, 0.25) is 5.15 Å². The molecule has 0 fully saturated rings. The van der Waals surface area contributed by atoms with Gasteiger partial charge in [-0.05, 0) is 24.3 Å². The number of carbonyl (C=O) groups excluding carboxylic acids is 1. The summed E-state index contributed by atoms with van der Waals surface area (Å²) in [5.74, 6) is 0. The van der Waals surface area contributed by atoms with Gasteiger partial charge in [0.15, 0.2) is 11.4 Å². The number of halogens is 1. The fourth-order valence-electron chi connectivity index (χ4n) is 1.89. The summed E-state index contributed by atoms with van der Waals surface area (Å²) in [5, 5.41) is 0.409. The van der Waals surface area contributed by atoms with E-state index in [0.717, 1.165) is 22.8 Å². The van der Waals surface area contributed by atoms with E-state index in [1.807, 2.05) is 28.7 Å². The lowest BCUT2D eigenvalue weighted by atomic mass is 10.3. The van der Waals surface area contributed by atoms with Crippen molar-refractivity contribution in [1.29, 1.82) is 0 Å². The molecule has 0 aliphatic carbocycles. The third-order valence-corrected chi connectivity index (χ3v) is 2.86. The number of nitrogens with zero attached hydrogens (tertiary/aromatic N) is 2. The lowest BCUT2D eigenvalue weighted by molar-refractivity contribution is 0.111. The lowest BCUT2D eigenvalue weighted by Crippen LogP contribution is -1.95. The van der Waals surface area contributed by atoms with Crippen molar-refractivity contribution in [1.82, 2.24) is 9.38 Å².